The van der Waals surface area contributed by atoms with Gasteiger partial charge in [0.05, 0.1) is 0 Å². The summed E-state index contributed by atoms with van der Waals surface area (Å²) in [5.41, 5.74) is 3.98. The standard InChI is InChI=1S/C23H34O/c1-5-15(2)19-8-9-20-18-7-6-16-14-17(24)10-12-22(16,3)21(18)11-13-23(19,20)4/h5,14,18-21H,6-13H2,1-4H3/t18-,19+,20-,21-,22-,23+/m0/s1. The Bertz CT molecular complexity index is 612. The van der Waals surface area contributed by atoms with E-state index in [4.69, 9.17) is 0 Å². The Kier molecular flexibility index (Phi) is 3.86. The molecule has 0 radical (unpaired) electrons. The molecule has 0 aromatic carbocycles. The van der Waals surface area contributed by atoms with Crippen molar-refractivity contribution in [1.82, 2.24) is 0 Å². The Morgan fingerprint density at radius 3 is 2.62 bits per heavy atom. The van der Waals surface area contributed by atoms with E-state index in [2.05, 4.69) is 33.8 Å². The molecule has 0 spiro atoms. The summed E-state index contributed by atoms with van der Waals surface area (Å²) in [5.74, 6) is 3.83. The van der Waals surface area contributed by atoms with Crippen LogP contribution in [0.25, 0.3) is 0 Å². The van der Waals surface area contributed by atoms with Crippen molar-refractivity contribution in [2.45, 2.75) is 79.1 Å². The summed E-state index contributed by atoms with van der Waals surface area (Å²) in [7, 11) is 0. The van der Waals surface area contributed by atoms with Crippen LogP contribution < -0.4 is 0 Å². The number of hydrogen-bond acceptors (Lipinski definition) is 1. The first-order valence-electron chi connectivity index (χ1n) is 10.3. The summed E-state index contributed by atoms with van der Waals surface area (Å²) < 4.78 is 0. The number of hydrogen-bond donors (Lipinski definition) is 0. The molecular weight excluding hydrogens is 292 g/mol. The van der Waals surface area contributed by atoms with Crippen LogP contribution in [-0.2, 0) is 4.79 Å². The maximum Gasteiger partial charge on any atom is 0.155 e. The summed E-state index contributed by atoms with van der Waals surface area (Å²) in [6.07, 6.45) is 14.4. The van der Waals surface area contributed by atoms with Gasteiger partial charge in [-0.2, -0.15) is 0 Å². The maximum atomic E-state index is 11.9. The van der Waals surface area contributed by atoms with E-state index < -0.39 is 0 Å². The van der Waals surface area contributed by atoms with Crippen LogP contribution in [0.5, 0.6) is 0 Å². The number of rotatable bonds is 1. The molecule has 0 unspecified atom stereocenters. The molecule has 0 saturated heterocycles. The first-order valence-corrected chi connectivity index (χ1v) is 10.3. The zero-order valence-electron chi connectivity index (χ0n) is 16.0. The number of ketones is 1. The van der Waals surface area contributed by atoms with E-state index in [-0.39, 0.29) is 0 Å². The van der Waals surface area contributed by atoms with Gasteiger partial charge in [-0.25, -0.2) is 0 Å². The van der Waals surface area contributed by atoms with Crippen LogP contribution in [0.2, 0.25) is 0 Å². The van der Waals surface area contributed by atoms with Gasteiger partial charge in [0.15, 0.2) is 5.78 Å². The molecule has 0 heterocycles. The molecule has 4 aliphatic rings. The smallest absolute Gasteiger partial charge is 0.155 e. The van der Waals surface area contributed by atoms with E-state index in [0.717, 1.165) is 36.5 Å². The maximum absolute atomic E-state index is 11.9. The highest BCUT2D eigenvalue weighted by Gasteiger charge is 2.58. The van der Waals surface area contributed by atoms with E-state index >= 15 is 0 Å². The number of carbonyl (C=O) groups is 1. The summed E-state index contributed by atoms with van der Waals surface area (Å²) in [5, 5.41) is 0. The highest BCUT2D eigenvalue weighted by atomic mass is 16.1. The number of fused-ring (bicyclic) bond motifs is 5. The fourth-order valence-electron chi connectivity index (χ4n) is 7.51. The lowest BCUT2D eigenvalue weighted by atomic mass is 9.46. The molecule has 1 nitrogen and oxygen atoms in total. The van der Waals surface area contributed by atoms with Crippen LogP contribution in [-0.4, -0.2) is 5.78 Å². The average molecular weight is 327 g/mol. The van der Waals surface area contributed by atoms with E-state index in [1.54, 1.807) is 5.57 Å². The highest BCUT2D eigenvalue weighted by molar-refractivity contribution is 5.91. The monoisotopic (exact) mass is 326 g/mol. The number of carbonyl (C=O) groups excluding carboxylic acids is 1. The normalized spacial score (nSPS) is 48.4. The molecule has 0 aromatic rings. The van der Waals surface area contributed by atoms with E-state index in [0.29, 0.717) is 16.6 Å². The SMILES string of the molecule is CC=C(C)[C@H]1CC[C@H]2[C@@H]3CCC4=CC(=O)CC[C@]4(C)[C@H]3CC[C@]12C. The van der Waals surface area contributed by atoms with Crippen molar-refractivity contribution in [3.05, 3.63) is 23.3 Å². The molecule has 3 saturated carbocycles. The summed E-state index contributed by atoms with van der Waals surface area (Å²) in [6, 6.07) is 0. The lowest BCUT2D eigenvalue weighted by Gasteiger charge is -2.58. The topological polar surface area (TPSA) is 17.1 Å². The van der Waals surface area contributed by atoms with Gasteiger partial charge in [0.25, 0.3) is 0 Å². The molecule has 0 N–H and O–H groups in total. The van der Waals surface area contributed by atoms with Crippen molar-refractivity contribution in [2.24, 2.45) is 34.5 Å². The first kappa shape index (κ1) is 16.6. The second kappa shape index (κ2) is 5.58. The third-order valence-electron chi connectivity index (χ3n) is 8.97. The van der Waals surface area contributed by atoms with Crippen LogP contribution in [0.1, 0.15) is 79.1 Å². The van der Waals surface area contributed by atoms with E-state index in [9.17, 15) is 4.79 Å². The molecule has 0 aromatic heterocycles. The van der Waals surface area contributed by atoms with Gasteiger partial charge in [0.2, 0.25) is 0 Å². The van der Waals surface area contributed by atoms with Crippen LogP contribution in [0.3, 0.4) is 0 Å². The molecule has 0 aliphatic heterocycles. The minimum atomic E-state index is 0.325. The van der Waals surface area contributed by atoms with E-state index in [1.807, 2.05) is 6.08 Å². The summed E-state index contributed by atoms with van der Waals surface area (Å²) in [4.78, 5) is 11.9. The lowest BCUT2D eigenvalue weighted by molar-refractivity contribution is -0.117. The van der Waals surface area contributed by atoms with Crippen LogP contribution in [0, 0.1) is 34.5 Å². The number of allylic oxidation sites excluding steroid dienone is 3. The van der Waals surface area contributed by atoms with Gasteiger partial charge in [-0.3, -0.25) is 4.79 Å². The van der Waals surface area contributed by atoms with Crippen molar-refractivity contribution in [3.8, 4) is 0 Å². The zero-order valence-corrected chi connectivity index (χ0v) is 16.0. The van der Waals surface area contributed by atoms with Gasteiger partial charge < -0.3 is 0 Å². The third-order valence-corrected chi connectivity index (χ3v) is 8.97. The molecule has 1 heteroatoms. The predicted octanol–water partition coefficient (Wildman–Crippen LogP) is 6.10. The quantitative estimate of drug-likeness (QED) is 0.532. The fourth-order valence-corrected chi connectivity index (χ4v) is 7.51. The van der Waals surface area contributed by atoms with Crippen molar-refractivity contribution in [1.29, 1.82) is 0 Å². The van der Waals surface area contributed by atoms with Gasteiger partial charge in [-0.05, 0) is 99.4 Å². The van der Waals surface area contributed by atoms with Gasteiger partial charge in [-0.15, -0.1) is 0 Å². The Balaban J connectivity index is 1.66. The minimum Gasteiger partial charge on any atom is -0.295 e. The van der Waals surface area contributed by atoms with Crippen molar-refractivity contribution in [3.63, 3.8) is 0 Å². The molecular formula is C23H34O. The van der Waals surface area contributed by atoms with Gasteiger partial charge in [-0.1, -0.05) is 31.1 Å². The second-order valence-corrected chi connectivity index (χ2v) is 9.68. The van der Waals surface area contributed by atoms with Gasteiger partial charge in [0, 0.05) is 6.42 Å². The average Bonchev–Trinajstić information content (AvgIpc) is 2.92. The molecule has 132 valence electrons. The molecule has 24 heavy (non-hydrogen) atoms. The molecule has 4 rings (SSSR count). The van der Waals surface area contributed by atoms with Crippen LogP contribution in [0.15, 0.2) is 23.3 Å². The Morgan fingerprint density at radius 2 is 1.88 bits per heavy atom. The van der Waals surface area contributed by atoms with E-state index in [1.165, 1.54) is 44.1 Å². The highest BCUT2D eigenvalue weighted by Crippen LogP contribution is 2.67. The molecule has 0 amide bonds. The Morgan fingerprint density at radius 1 is 1.08 bits per heavy atom. The van der Waals surface area contributed by atoms with Crippen molar-refractivity contribution in [2.75, 3.05) is 0 Å². The second-order valence-electron chi connectivity index (χ2n) is 9.68. The predicted molar refractivity (Wildman–Crippen MR) is 99.6 cm³/mol. The lowest BCUT2D eigenvalue weighted by Crippen LogP contribution is -2.50. The molecule has 6 atom stereocenters. The summed E-state index contributed by atoms with van der Waals surface area (Å²) >= 11 is 0. The third kappa shape index (κ3) is 2.15. The first-order chi connectivity index (χ1) is 11.4. The van der Waals surface area contributed by atoms with Gasteiger partial charge in [0.1, 0.15) is 0 Å². The largest absolute Gasteiger partial charge is 0.295 e. The van der Waals surface area contributed by atoms with Crippen molar-refractivity contribution >= 4 is 5.78 Å². The fraction of sp³-hybridized carbons (Fsp3) is 0.783. The Labute approximate surface area is 148 Å². The van der Waals surface area contributed by atoms with Crippen LogP contribution in [0.4, 0.5) is 0 Å². The molecule has 0 bridgehead atoms. The van der Waals surface area contributed by atoms with Crippen molar-refractivity contribution < 1.29 is 4.79 Å². The van der Waals surface area contributed by atoms with Gasteiger partial charge >= 0.3 is 0 Å². The zero-order chi connectivity index (χ0) is 17.1. The minimum absolute atomic E-state index is 0.325. The molecule has 4 aliphatic carbocycles. The molecule has 3 fully saturated rings. The Hall–Kier alpha value is -0.850. The van der Waals surface area contributed by atoms with Crippen LogP contribution >= 0.6 is 0 Å². The summed E-state index contributed by atoms with van der Waals surface area (Å²) in [6.45, 7) is 9.68.